The third-order valence-corrected chi connectivity index (χ3v) is 2.09. The summed E-state index contributed by atoms with van der Waals surface area (Å²) in [4.78, 5) is 23.2. The Hall–Kier alpha value is -2.70. The van der Waals surface area contributed by atoms with Crippen molar-refractivity contribution in [2.24, 2.45) is 0 Å². The summed E-state index contributed by atoms with van der Waals surface area (Å²) in [6, 6.07) is 8.89. The lowest BCUT2D eigenvalue weighted by atomic mass is 10.3. The molecule has 0 fully saturated rings. The lowest BCUT2D eigenvalue weighted by Crippen LogP contribution is -2.18. The maximum Gasteiger partial charge on any atom is 0.419 e. The van der Waals surface area contributed by atoms with Crippen LogP contribution >= 0.6 is 0 Å². The summed E-state index contributed by atoms with van der Waals surface area (Å²) >= 11 is 0. The monoisotopic (exact) mass is 260 g/mol. The summed E-state index contributed by atoms with van der Waals surface area (Å²) < 4.78 is 9.81. The lowest BCUT2D eigenvalue weighted by Gasteiger charge is -2.06. The molecule has 1 N–H and O–H groups in total. The van der Waals surface area contributed by atoms with Crippen molar-refractivity contribution in [1.29, 1.82) is 0 Å². The zero-order valence-electron chi connectivity index (χ0n) is 10.5. The summed E-state index contributed by atoms with van der Waals surface area (Å²) in [6.45, 7) is 1.65. The zero-order chi connectivity index (χ0) is 13.7. The van der Waals surface area contributed by atoms with E-state index in [0.717, 1.165) is 0 Å². The highest BCUT2D eigenvalue weighted by molar-refractivity contribution is 5.85. The highest BCUT2D eigenvalue weighted by Crippen LogP contribution is 2.10. The Balaban J connectivity index is 2.05. The van der Waals surface area contributed by atoms with Crippen molar-refractivity contribution in [3.8, 4) is 12.0 Å². The van der Waals surface area contributed by atoms with Crippen molar-refractivity contribution in [1.82, 2.24) is 15.0 Å². The zero-order valence-corrected chi connectivity index (χ0v) is 10.5. The standard InChI is InChI=1S/C12H12N4O3/c1-8-13-10(18-2)16-11(14-8)19-12(17)15-9-6-4-3-5-7-9/h3-7H,1-2H3,(H,15,17). The van der Waals surface area contributed by atoms with Gasteiger partial charge in [0.1, 0.15) is 5.82 Å². The minimum atomic E-state index is -0.682. The number of nitrogens with zero attached hydrogens (tertiary/aromatic N) is 3. The fourth-order valence-corrected chi connectivity index (χ4v) is 1.32. The molecule has 2 aromatic rings. The maximum absolute atomic E-state index is 11.6. The van der Waals surface area contributed by atoms with Crippen LogP contribution in [0.2, 0.25) is 0 Å². The molecule has 1 heterocycles. The van der Waals surface area contributed by atoms with Gasteiger partial charge in [0.05, 0.1) is 7.11 Å². The summed E-state index contributed by atoms with van der Waals surface area (Å²) in [5, 5.41) is 2.54. The molecule has 7 heteroatoms. The smallest absolute Gasteiger partial charge is 0.419 e. The number of hydrogen-bond acceptors (Lipinski definition) is 6. The van der Waals surface area contributed by atoms with Gasteiger partial charge in [-0.25, -0.2) is 4.79 Å². The van der Waals surface area contributed by atoms with E-state index in [9.17, 15) is 4.79 Å². The predicted molar refractivity (Wildman–Crippen MR) is 67.2 cm³/mol. The van der Waals surface area contributed by atoms with E-state index in [1.165, 1.54) is 7.11 Å². The number of para-hydroxylation sites is 1. The molecular formula is C12H12N4O3. The molecule has 1 aromatic heterocycles. The summed E-state index contributed by atoms with van der Waals surface area (Å²) in [7, 11) is 1.42. The first-order valence-electron chi connectivity index (χ1n) is 5.48. The molecule has 1 aromatic carbocycles. The van der Waals surface area contributed by atoms with Gasteiger partial charge < -0.3 is 9.47 Å². The number of anilines is 1. The normalized spacial score (nSPS) is 9.79. The number of carbonyl (C=O) groups is 1. The Morgan fingerprint density at radius 1 is 1.11 bits per heavy atom. The number of aromatic nitrogens is 3. The van der Waals surface area contributed by atoms with Gasteiger partial charge in [-0.15, -0.1) is 4.98 Å². The number of rotatable bonds is 3. The predicted octanol–water partition coefficient (Wildman–Crippen LogP) is 1.80. The maximum atomic E-state index is 11.6. The number of ether oxygens (including phenoxy) is 2. The SMILES string of the molecule is COc1nc(C)nc(OC(=O)Nc2ccccc2)n1. The second-order valence-electron chi connectivity index (χ2n) is 3.53. The van der Waals surface area contributed by atoms with Crippen LogP contribution in [0.5, 0.6) is 12.0 Å². The van der Waals surface area contributed by atoms with Crippen LogP contribution in [0.3, 0.4) is 0 Å². The van der Waals surface area contributed by atoms with Crippen molar-refractivity contribution < 1.29 is 14.3 Å². The topological polar surface area (TPSA) is 86.2 Å². The Morgan fingerprint density at radius 3 is 2.47 bits per heavy atom. The number of benzene rings is 1. The molecule has 19 heavy (non-hydrogen) atoms. The Labute approximate surface area is 109 Å². The average Bonchev–Trinajstić information content (AvgIpc) is 2.38. The van der Waals surface area contributed by atoms with Crippen molar-refractivity contribution in [2.75, 3.05) is 12.4 Å². The van der Waals surface area contributed by atoms with Crippen molar-refractivity contribution in [3.05, 3.63) is 36.2 Å². The Morgan fingerprint density at radius 2 is 1.79 bits per heavy atom. The number of amides is 1. The third kappa shape index (κ3) is 3.63. The summed E-state index contributed by atoms with van der Waals surface area (Å²) in [6.07, 6.45) is -0.682. The highest BCUT2D eigenvalue weighted by atomic mass is 16.6. The first-order valence-corrected chi connectivity index (χ1v) is 5.48. The molecule has 2 rings (SSSR count). The third-order valence-electron chi connectivity index (χ3n) is 2.09. The lowest BCUT2D eigenvalue weighted by molar-refractivity contribution is 0.210. The molecule has 1 amide bonds. The first kappa shape index (κ1) is 12.7. The summed E-state index contributed by atoms with van der Waals surface area (Å²) in [5.41, 5.74) is 0.616. The molecule has 98 valence electrons. The summed E-state index contributed by atoms with van der Waals surface area (Å²) in [5.74, 6) is 0.398. The minimum absolute atomic E-state index is 0.0926. The van der Waals surface area contributed by atoms with E-state index in [1.54, 1.807) is 31.2 Å². The average molecular weight is 260 g/mol. The van der Waals surface area contributed by atoms with E-state index in [2.05, 4.69) is 20.3 Å². The van der Waals surface area contributed by atoms with E-state index in [0.29, 0.717) is 11.5 Å². The number of carbonyl (C=O) groups excluding carboxylic acids is 1. The molecule has 0 spiro atoms. The van der Waals surface area contributed by atoms with Crippen molar-refractivity contribution >= 4 is 11.8 Å². The number of hydrogen-bond donors (Lipinski definition) is 1. The van der Waals surface area contributed by atoms with E-state index in [4.69, 9.17) is 9.47 Å². The van der Waals surface area contributed by atoms with E-state index in [1.807, 2.05) is 6.07 Å². The molecule has 0 aliphatic heterocycles. The van der Waals surface area contributed by atoms with Crippen LogP contribution in [0.1, 0.15) is 5.82 Å². The van der Waals surface area contributed by atoms with Gasteiger partial charge in [-0.05, 0) is 19.1 Å². The minimum Gasteiger partial charge on any atom is -0.467 e. The molecule has 0 aliphatic rings. The Bertz CT molecular complexity index is 574. The fourth-order valence-electron chi connectivity index (χ4n) is 1.32. The van der Waals surface area contributed by atoms with Gasteiger partial charge in [0, 0.05) is 5.69 Å². The van der Waals surface area contributed by atoms with E-state index < -0.39 is 6.09 Å². The Kier molecular flexibility index (Phi) is 3.87. The second-order valence-corrected chi connectivity index (χ2v) is 3.53. The van der Waals surface area contributed by atoms with E-state index in [-0.39, 0.29) is 12.0 Å². The molecule has 0 atom stereocenters. The second kappa shape index (κ2) is 5.76. The van der Waals surface area contributed by atoms with Crippen LogP contribution in [0, 0.1) is 6.92 Å². The molecule has 0 unspecified atom stereocenters. The van der Waals surface area contributed by atoms with E-state index >= 15 is 0 Å². The molecule has 0 bridgehead atoms. The van der Waals surface area contributed by atoms with Gasteiger partial charge in [-0.3, -0.25) is 5.32 Å². The molecule has 0 saturated heterocycles. The van der Waals surface area contributed by atoms with Gasteiger partial charge >= 0.3 is 18.1 Å². The van der Waals surface area contributed by atoms with Gasteiger partial charge in [0.2, 0.25) is 0 Å². The molecule has 0 aliphatic carbocycles. The van der Waals surface area contributed by atoms with Crippen LogP contribution in [0.4, 0.5) is 10.5 Å². The van der Waals surface area contributed by atoms with Gasteiger partial charge in [-0.1, -0.05) is 18.2 Å². The van der Waals surface area contributed by atoms with Crippen molar-refractivity contribution in [3.63, 3.8) is 0 Å². The fraction of sp³-hybridized carbons (Fsp3) is 0.167. The van der Waals surface area contributed by atoms with Crippen LogP contribution in [0.15, 0.2) is 30.3 Å². The quantitative estimate of drug-likeness (QED) is 0.905. The van der Waals surface area contributed by atoms with Crippen LogP contribution in [0.25, 0.3) is 0 Å². The van der Waals surface area contributed by atoms with Crippen molar-refractivity contribution in [2.45, 2.75) is 6.92 Å². The molecule has 0 radical (unpaired) electrons. The number of nitrogens with one attached hydrogen (secondary N) is 1. The largest absolute Gasteiger partial charge is 0.467 e. The molecular weight excluding hydrogens is 248 g/mol. The van der Waals surface area contributed by atoms with Gasteiger partial charge in [-0.2, -0.15) is 9.97 Å². The number of methoxy groups -OCH3 is 1. The van der Waals surface area contributed by atoms with Crippen LogP contribution in [-0.4, -0.2) is 28.2 Å². The van der Waals surface area contributed by atoms with Gasteiger partial charge in [0.15, 0.2) is 0 Å². The first-order chi connectivity index (χ1) is 9.17. The van der Waals surface area contributed by atoms with Gasteiger partial charge in [0.25, 0.3) is 0 Å². The van der Waals surface area contributed by atoms with Crippen LogP contribution in [-0.2, 0) is 0 Å². The number of aryl methyl sites for hydroxylation is 1. The molecule has 0 saturated carbocycles. The molecule has 7 nitrogen and oxygen atoms in total. The van der Waals surface area contributed by atoms with Crippen LogP contribution < -0.4 is 14.8 Å². The highest BCUT2D eigenvalue weighted by Gasteiger charge is 2.10.